The van der Waals surface area contributed by atoms with Crippen molar-refractivity contribution in [2.75, 3.05) is 11.1 Å². The second-order valence-electron chi connectivity index (χ2n) is 2.03. The van der Waals surface area contributed by atoms with Gasteiger partial charge in [0.25, 0.3) is 0 Å². The summed E-state index contributed by atoms with van der Waals surface area (Å²) in [6.45, 7) is 0. The molecular weight excluding hydrogens is 279 g/mol. The minimum atomic E-state index is -4.85. The Morgan fingerprint density at radius 2 is 1.85 bits per heavy atom. The van der Waals surface area contributed by atoms with Gasteiger partial charge in [0.1, 0.15) is 0 Å². The molecular formula is C4H5BrF3NO3S. The summed E-state index contributed by atoms with van der Waals surface area (Å²) < 4.78 is 57.0. The van der Waals surface area contributed by atoms with E-state index in [0.717, 1.165) is 0 Å². The molecule has 0 spiro atoms. The summed E-state index contributed by atoms with van der Waals surface area (Å²) in [5.41, 5.74) is 0. The van der Waals surface area contributed by atoms with Crippen molar-refractivity contribution in [2.45, 2.75) is 6.18 Å². The fourth-order valence-electron chi connectivity index (χ4n) is 0.452. The van der Waals surface area contributed by atoms with Gasteiger partial charge >= 0.3 is 6.18 Å². The number of amides is 1. The van der Waals surface area contributed by atoms with Crippen molar-refractivity contribution in [1.29, 1.82) is 0 Å². The van der Waals surface area contributed by atoms with E-state index in [-0.39, 0.29) is 5.33 Å². The van der Waals surface area contributed by atoms with Crippen molar-refractivity contribution >= 4 is 31.9 Å². The second-order valence-corrected chi connectivity index (χ2v) is 4.32. The zero-order valence-corrected chi connectivity index (χ0v) is 8.46. The van der Waals surface area contributed by atoms with Crippen LogP contribution in [0.15, 0.2) is 0 Å². The molecule has 78 valence electrons. The van der Waals surface area contributed by atoms with E-state index in [4.69, 9.17) is 0 Å². The molecule has 1 amide bonds. The Morgan fingerprint density at radius 3 is 2.15 bits per heavy atom. The Hall–Kier alpha value is -0.310. The minimum Gasteiger partial charge on any atom is -0.273 e. The minimum absolute atomic E-state index is 0.371. The van der Waals surface area contributed by atoms with Crippen LogP contribution in [0.3, 0.4) is 0 Å². The lowest BCUT2D eigenvalue weighted by atomic mass is 10.8. The Balaban J connectivity index is 4.35. The first-order valence-electron chi connectivity index (χ1n) is 2.82. The van der Waals surface area contributed by atoms with E-state index in [9.17, 15) is 26.4 Å². The van der Waals surface area contributed by atoms with Gasteiger partial charge in [-0.2, -0.15) is 13.2 Å². The Labute approximate surface area is 80.7 Å². The molecule has 13 heavy (non-hydrogen) atoms. The third kappa shape index (κ3) is 6.82. The van der Waals surface area contributed by atoms with Crippen LogP contribution in [-0.4, -0.2) is 31.6 Å². The van der Waals surface area contributed by atoms with Crippen molar-refractivity contribution in [3.05, 3.63) is 0 Å². The topological polar surface area (TPSA) is 63.2 Å². The third-order valence-electron chi connectivity index (χ3n) is 0.744. The summed E-state index contributed by atoms with van der Waals surface area (Å²) in [7, 11) is -4.61. The van der Waals surface area contributed by atoms with Crippen molar-refractivity contribution in [3.8, 4) is 0 Å². The van der Waals surface area contributed by atoms with Crippen LogP contribution in [0, 0.1) is 0 Å². The summed E-state index contributed by atoms with van der Waals surface area (Å²) >= 11 is 2.59. The zero-order chi connectivity index (χ0) is 10.7. The van der Waals surface area contributed by atoms with Gasteiger partial charge < -0.3 is 0 Å². The van der Waals surface area contributed by atoms with Gasteiger partial charge in [-0.05, 0) is 0 Å². The van der Waals surface area contributed by atoms with Crippen molar-refractivity contribution < 1.29 is 26.4 Å². The smallest absolute Gasteiger partial charge is 0.273 e. The van der Waals surface area contributed by atoms with E-state index in [1.54, 1.807) is 0 Å². The third-order valence-corrected chi connectivity index (χ3v) is 2.50. The molecule has 4 nitrogen and oxygen atoms in total. The summed E-state index contributed by atoms with van der Waals surface area (Å²) in [5.74, 6) is -3.09. The number of halogens is 4. The fraction of sp³-hybridized carbons (Fsp3) is 0.750. The number of carbonyl (C=O) groups excluding carboxylic acids is 1. The van der Waals surface area contributed by atoms with E-state index in [0.29, 0.717) is 0 Å². The Bertz CT molecular complexity index is 285. The van der Waals surface area contributed by atoms with Gasteiger partial charge in [0.2, 0.25) is 15.9 Å². The average molecular weight is 284 g/mol. The average Bonchev–Trinajstić information content (AvgIpc) is 1.80. The normalized spacial score (nSPS) is 12.6. The van der Waals surface area contributed by atoms with Crippen LogP contribution in [0.4, 0.5) is 13.2 Å². The molecule has 0 saturated heterocycles. The van der Waals surface area contributed by atoms with Gasteiger partial charge in [0.05, 0.1) is 5.33 Å². The van der Waals surface area contributed by atoms with Crippen molar-refractivity contribution in [1.82, 2.24) is 4.72 Å². The first kappa shape index (κ1) is 12.7. The molecule has 0 atom stereocenters. The maximum atomic E-state index is 11.6. The highest BCUT2D eigenvalue weighted by Crippen LogP contribution is 2.16. The molecule has 0 radical (unpaired) electrons. The molecule has 0 heterocycles. The number of nitrogens with one attached hydrogen (secondary N) is 1. The lowest BCUT2D eigenvalue weighted by Crippen LogP contribution is -2.37. The van der Waals surface area contributed by atoms with E-state index in [1.807, 2.05) is 0 Å². The van der Waals surface area contributed by atoms with E-state index < -0.39 is 27.9 Å². The highest BCUT2D eigenvalue weighted by atomic mass is 79.9. The van der Waals surface area contributed by atoms with E-state index >= 15 is 0 Å². The number of alkyl halides is 4. The first-order valence-corrected chi connectivity index (χ1v) is 5.60. The number of hydrogen-bond acceptors (Lipinski definition) is 3. The van der Waals surface area contributed by atoms with Crippen LogP contribution in [-0.2, 0) is 14.8 Å². The first-order chi connectivity index (χ1) is 5.66. The van der Waals surface area contributed by atoms with Crippen molar-refractivity contribution in [3.63, 3.8) is 0 Å². The van der Waals surface area contributed by atoms with Gasteiger partial charge in [-0.25, -0.2) is 8.42 Å². The Morgan fingerprint density at radius 1 is 1.38 bits per heavy atom. The monoisotopic (exact) mass is 283 g/mol. The fourth-order valence-corrected chi connectivity index (χ4v) is 1.70. The predicted octanol–water partition coefficient (Wildman–Crippen LogP) is 0.390. The highest BCUT2D eigenvalue weighted by Gasteiger charge is 2.35. The lowest BCUT2D eigenvalue weighted by molar-refractivity contribution is -0.116. The van der Waals surface area contributed by atoms with Crippen LogP contribution in [0.5, 0.6) is 0 Å². The molecule has 0 rings (SSSR count). The number of sulfonamides is 1. The molecule has 0 aliphatic rings. The number of hydrogen-bond donors (Lipinski definition) is 1. The van der Waals surface area contributed by atoms with Crippen LogP contribution in [0.25, 0.3) is 0 Å². The van der Waals surface area contributed by atoms with Crippen LogP contribution < -0.4 is 4.72 Å². The van der Waals surface area contributed by atoms with Crippen molar-refractivity contribution in [2.24, 2.45) is 0 Å². The van der Waals surface area contributed by atoms with Gasteiger partial charge in [-0.1, -0.05) is 15.9 Å². The van der Waals surface area contributed by atoms with Crippen LogP contribution >= 0.6 is 15.9 Å². The second kappa shape index (κ2) is 4.27. The molecule has 0 aromatic carbocycles. The summed E-state index contributed by atoms with van der Waals surface area (Å²) in [5, 5.41) is -0.371. The Kier molecular flexibility index (Phi) is 4.17. The molecule has 9 heteroatoms. The molecule has 1 N–H and O–H groups in total. The number of rotatable bonds is 3. The quantitative estimate of drug-likeness (QED) is 0.762. The molecule has 0 aliphatic carbocycles. The number of carbonyl (C=O) groups is 1. The van der Waals surface area contributed by atoms with Gasteiger partial charge in [-0.15, -0.1) is 0 Å². The maximum absolute atomic E-state index is 11.6. The standard InChI is InChI=1S/C4H5BrF3NO3S/c5-1-3(10)9-13(11,12)2-4(6,7)8/h1-2H2,(H,9,10). The molecule has 0 fully saturated rings. The van der Waals surface area contributed by atoms with Crippen LogP contribution in [0.2, 0.25) is 0 Å². The molecule has 0 aromatic rings. The summed E-state index contributed by atoms with van der Waals surface area (Å²) in [4.78, 5) is 10.4. The predicted molar refractivity (Wildman–Crippen MR) is 41.8 cm³/mol. The van der Waals surface area contributed by atoms with Crippen LogP contribution in [0.1, 0.15) is 0 Å². The van der Waals surface area contributed by atoms with Gasteiger partial charge in [0, 0.05) is 0 Å². The molecule has 0 unspecified atom stereocenters. The van der Waals surface area contributed by atoms with E-state index in [2.05, 4.69) is 15.9 Å². The van der Waals surface area contributed by atoms with Gasteiger partial charge in [-0.3, -0.25) is 9.52 Å². The molecule has 0 bridgehead atoms. The lowest BCUT2D eigenvalue weighted by Gasteiger charge is -2.07. The molecule has 0 saturated carbocycles. The summed E-state index contributed by atoms with van der Waals surface area (Å²) in [6.07, 6.45) is -4.85. The molecule has 0 aromatic heterocycles. The van der Waals surface area contributed by atoms with E-state index in [1.165, 1.54) is 4.72 Å². The zero-order valence-electron chi connectivity index (χ0n) is 6.06. The molecule has 0 aliphatic heterocycles. The largest absolute Gasteiger partial charge is 0.404 e. The SMILES string of the molecule is O=C(CBr)NS(=O)(=O)CC(F)(F)F. The maximum Gasteiger partial charge on any atom is 0.404 e. The summed E-state index contributed by atoms with van der Waals surface area (Å²) in [6, 6.07) is 0. The van der Waals surface area contributed by atoms with Gasteiger partial charge in [0.15, 0.2) is 5.75 Å². The highest BCUT2D eigenvalue weighted by molar-refractivity contribution is 9.09.